The monoisotopic (exact) mass is 203 g/mol. The standard InChI is InChI=1S/C13H17NO/c1-5-13(14-4)11-7-6-8-12(9-11)15-10(2)3/h1,6-10,13-14H,2-4H3. The van der Waals surface area contributed by atoms with Gasteiger partial charge in [-0.3, -0.25) is 0 Å². The van der Waals surface area contributed by atoms with Gasteiger partial charge in [0.25, 0.3) is 0 Å². The first-order valence-corrected chi connectivity index (χ1v) is 5.07. The van der Waals surface area contributed by atoms with Crippen LogP contribution in [0.15, 0.2) is 24.3 Å². The summed E-state index contributed by atoms with van der Waals surface area (Å²) in [4.78, 5) is 0. The zero-order valence-electron chi connectivity index (χ0n) is 9.45. The van der Waals surface area contributed by atoms with E-state index < -0.39 is 0 Å². The third kappa shape index (κ3) is 3.30. The highest BCUT2D eigenvalue weighted by Crippen LogP contribution is 2.19. The zero-order chi connectivity index (χ0) is 11.3. The van der Waals surface area contributed by atoms with Crippen molar-refractivity contribution in [2.24, 2.45) is 0 Å². The average Bonchev–Trinajstić information content (AvgIpc) is 2.19. The summed E-state index contributed by atoms with van der Waals surface area (Å²) in [6, 6.07) is 7.80. The number of ether oxygens (including phenoxy) is 1. The molecule has 1 aromatic rings. The molecule has 0 aromatic heterocycles. The molecule has 1 atom stereocenters. The van der Waals surface area contributed by atoms with Gasteiger partial charge in [0.1, 0.15) is 5.75 Å². The van der Waals surface area contributed by atoms with Crippen molar-refractivity contribution in [1.29, 1.82) is 0 Å². The van der Waals surface area contributed by atoms with Gasteiger partial charge in [0.2, 0.25) is 0 Å². The highest BCUT2D eigenvalue weighted by atomic mass is 16.5. The lowest BCUT2D eigenvalue weighted by Gasteiger charge is -2.13. The third-order valence-corrected chi connectivity index (χ3v) is 2.02. The summed E-state index contributed by atoms with van der Waals surface area (Å²) >= 11 is 0. The van der Waals surface area contributed by atoms with Crippen LogP contribution in [-0.2, 0) is 0 Å². The fourth-order valence-corrected chi connectivity index (χ4v) is 1.39. The van der Waals surface area contributed by atoms with Gasteiger partial charge in [-0.2, -0.15) is 0 Å². The normalized spacial score (nSPS) is 12.2. The topological polar surface area (TPSA) is 21.3 Å². The Morgan fingerprint density at radius 3 is 2.67 bits per heavy atom. The first-order valence-electron chi connectivity index (χ1n) is 5.07. The molecule has 0 amide bonds. The summed E-state index contributed by atoms with van der Waals surface area (Å²) in [5.41, 5.74) is 1.05. The van der Waals surface area contributed by atoms with Crippen molar-refractivity contribution >= 4 is 0 Å². The minimum Gasteiger partial charge on any atom is -0.491 e. The Labute approximate surface area is 91.6 Å². The second-order valence-corrected chi connectivity index (χ2v) is 3.63. The van der Waals surface area contributed by atoms with Crippen molar-refractivity contribution in [3.63, 3.8) is 0 Å². The lowest BCUT2D eigenvalue weighted by Crippen LogP contribution is -2.14. The lowest BCUT2D eigenvalue weighted by molar-refractivity contribution is 0.242. The molecule has 0 aliphatic heterocycles. The van der Waals surface area contributed by atoms with E-state index in [9.17, 15) is 0 Å². The summed E-state index contributed by atoms with van der Waals surface area (Å²) in [7, 11) is 1.85. The minimum atomic E-state index is -0.0549. The molecular weight excluding hydrogens is 186 g/mol. The largest absolute Gasteiger partial charge is 0.491 e. The smallest absolute Gasteiger partial charge is 0.120 e. The molecule has 2 heteroatoms. The Kier molecular flexibility index (Phi) is 4.20. The van der Waals surface area contributed by atoms with E-state index in [0.717, 1.165) is 11.3 Å². The Hall–Kier alpha value is -1.46. The quantitative estimate of drug-likeness (QED) is 0.758. The predicted molar refractivity (Wildman–Crippen MR) is 62.8 cm³/mol. The molecular formula is C13H17NO. The maximum absolute atomic E-state index is 5.60. The van der Waals surface area contributed by atoms with Crippen molar-refractivity contribution in [2.75, 3.05) is 7.05 Å². The molecule has 0 saturated heterocycles. The van der Waals surface area contributed by atoms with Gasteiger partial charge >= 0.3 is 0 Å². The van der Waals surface area contributed by atoms with Gasteiger partial charge in [-0.25, -0.2) is 0 Å². The van der Waals surface area contributed by atoms with Crippen molar-refractivity contribution < 1.29 is 4.74 Å². The summed E-state index contributed by atoms with van der Waals surface area (Å²) in [5, 5.41) is 3.06. The van der Waals surface area contributed by atoms with Crippen LogP contribution in [0, 0.1) is 12.3 Å². The second-order valence-electron chi connectivity index (χ2n) is 3.63. The number of hydrogen-bond donors (Lipinski definition) is 1. The van der Waals surface area contributed by atoms with Gasteiger partial charge < -0.3 is 10.1 Å². The number of rotatable bonds is 4. The molecule has 0 aliphatic carbocycles. The fraction of sp³-hybridized carbons (Fsp3) is 0.385. The molecule has 0 aliphatic rings. The van der Waals surface area contributed by atoms with Crippen molar-refractivity contribution in [3.8, 4) is 18.1 Å². The van der Waals surface area contributed by atoms with E-state index in [4.69, 9.17) is 11.2 Å². The molecule has 0 heterocycles. The Balaban J connectivity index is 2.87. The molecule has 1 N–H and O–H groups in total. The lowest BCUT2D eigenvalue weighted by atomic mass is 10.1. The minimum absolute atomic E-state index is 0.0549. The van der Waals surface area contributed by atoms with Gasteiger partial charge in [0.15, 0.2) is 0 Å². The highest BCUT2D eigenvalue weighted by Gasteiger charge is 2.06. The van der Waals surface area contributed by atoms with E-state index in [1.807, 2.05) is 45.2 Å². The summed E-state index contributed by atoms with van der Waals surface area (Å²) < 4.78 is 5.60. The van der Waals surface area contributed by atoms with E-state index in [-0.39, 0.29) is 12.1 Å². The van der Waals surface area contributed by atoms with Crippen LogP contribution in [0.3, 0.4) is 0 Å². The molecule has 0 bridgehead atoms. The second kappa shape index (κ2) is 5.43. The fourth-order valence-electron chi connectivity index (χ4n) is 1.39. The van der Waals surface area contributed by atoms with E-state index in [1.165, 1.54) is 0 Å². The third-order valence-electron chi connectivity index (χ3n) is 2.02. The van der Waals surface area contributed by atoms with Gasteiger partial charge in [0.05, 0.1) is 12.1 Å². The SMILES string of the molecule is C#CC(NC)c1cccc(OC(C)C)c1. The van der Waals surface area contributed by atoms with Crippen molar-refractivity contribution in [2.45, 2.75) is 26.0 Å². The van der Waals surface area contributed by atoms with E-state index in [0.29, 0.717) is 0 Å². The highest BCUT2D eigenvalue weighted by molar-refractivity contribution is 5.33. The Bertz CT molecular complexity index is 352. The predicted octanol–water partition coefficient (Wildman–Crippen LogP) is 2.37. The summed E-state index contributed by atoms with van der Waals surface area (Å²) in [5.74, 6) is 3.54. The van der Waals surface area contributed by atoms with Crippen LogP contribution in [0.1, 0.15) is 25.5 Å². The molecule has 1 unspecified atom stereocenters. The summed E-state index contributed by atoms with van der Waals surface area (Å²) in [6.45, 7) is 4.01. The maximum atomic E-state index is 5.60. The number of hydrogen-bond acceptors (Lipinski definition) is 2. The van der Waals surface area contributed by atoms with Gasteiger partial charge in [-0.05, 0) is 38.6 Å². The van der Waals surface area contributed by atoms with Crippen LogP contribution in [0.5, 0.6) is 5.75 Å². The van der Waals surface area contributed by atoms with Crippen LogP contribution in [0.25, 0.3) is 0 Å². The molecule has 15 heavy (non-hydrogen) atoms. The number of benzene rings is 1. The van der Waals surface area contributed by atoms with Crippen LogP contribution in [0.4, 0.5) is 0 Å². The molecule has 0 spiro atoms. The molecule has 0 saturated carbocycles. The van der Waals surface area contributed by atoms with E-state index in [2.05, 4.69) is 11.2 Å². The van der Waals surface area contributed by atoms with Crippen LogP contribution < -0.4 is 10.1 Å². The van der Waals surface area contributed by atoms with Crippen LogP contribution in [0.2, 0.25) is 0 Å². The first-order chi connectivity index (χ1) is 7.17. The number of terminal acetylenes is 1. The molecule has 0 radical (unpaired) electrons. The van der Waals surface area contributed by atoms with Crippen LogP contribution >= 0.6 is 0 Å². The van der Waals surface area contributed by atoms with Crippen molar-refractivity contribution in [1.82, 2.24) is 5.32 Å². The number of nitrogens with one attached hydrogen (secondary N) is 1. The molecule has 2 nitrogen and oxygen atoms in total. The zero-order valence-corrected chi connectivity index (χ0v) is 9.45. The van der Waals surface area contributed by atoms with Crippen molar-refractivity contribution in [3.05, 3.63) is 29.8 Å². The Morgan fingerprint density at radius 2 is 2.13 bits per heavy atom. The van der Waals surface area contributed by atoms with E-state index in [1.54, 1.807) is 0 Å². The first kappa shape index (κ1) is 11.6. The van der Waals surface area contributed by atoms with Gasteiger partial charge in [0, 0.05) is 0 Å². The molecule has 0 fully saturated rings. The molecule has 80 valence electrons. The van der Waals surface area contributed by atoms with Gasteiger partial charge in [-0.1, -0.05) is 18.1 Å². The Morgan fingerprint density at radius 1 is 1.40 bits per heavy atom. The van der Waals surface area contributed by atoms with Gasteiger partial charge in [-0.15, -0.1) is 6.42 Å². The van der Waals surface area contributed by atoms with Crippen LogP contribution in [-0.4, -0.2) is 13.2 Å². The summed E-state index contributed by atoms with van der Waals surface area (Å²) in [6.07, 6.45) is 5.59. The van der Waals surface area contributed by atoms with E-state index >= 15 is 0 Å². The average molecular weight is 203 g/mol. The maximum Gasteiger partial charge on any atom is 0.120 e. The molecule has 1 aromatic carbocycles. The molecule has 1 rings (SSSR count).